The third-order valence-corrected chi connectivity index (χ3v) is 3.11. The molecule has 0 aliphatic rings. The first kappa shape index (κ1) is 14.0. The molecule has 0 fully saturated rings. The molecular weight excluding hydrogens is 286 g/mol. The number of rotatable bonds is 6. The van der Waals surface area contributed by atoms with Crippen LogP contribution in [0.4, 0.5) is 0 Å². The van der Waals surface area contributed by atoms with E-state index in [1.807, 2.05) is 18.2 Å². The van der Waals surface area contributed by atoms with Crippen LogP contribution in [0.15, 0.2) is 22.7 Å². The Morgan fingerprint density at radius 1 is 1.59 bits per heavy atom. The van der Waals surface area contributed by atoms with Crippen molar-refractivity contribution in [1.29, 1.82) is 0 Å². The van der Waals surface area contributed by atoms with Gasteiger partial charge in [0.25, 0.3) is 0 Å². The average molecular weight is 302 g/mol. The summed E-state index contributed by atoms with van der Waals surface area (Å²) in [6, 6.07) is 5.51. The molecule has 17 heavy (non-hydrogen) atoms. The minimum absolute atomic E-state index is 0.00760. The zero-order valence-electron chi connectivity index (χ0n) is 9.65. The molecule has 0 aliphatic carbocycles. The second-order valence-corrected chi connectivity index (χ2v) is 4.72. The molecule has 1 unspecified atom stereocenters. The number of carbonyl (C=O) groups is 1. The summed E-state index contributed by atoms with van der Waals surface area (Å²) in [5, 5.41) is 8.59. The van der Waals surface area contributed by atoms with Crippen molar-refractivity contribution in [1.82, 2.24) is 0 Å². The molecule has 0 heterocycles. The Kier molecular flexibility index (Phi) is 5.44. The van der Waals surface area contributed by atoms with Gasteiger partial charge < -0.3 is 15.6 Å². The van der Waals surface area contributed by atoms with Crippen molar-refractivity contribution in [2.24, 2.45) is 5.73 Å². The highest BCUT2D eigenvalue weighted by Gasteiger charge is 2.09. The Morgan fingerprint density at radius 2 is 2.29 bits per heavy atom. The van der Waals surface area contributed by atoms with E-state index in [0.717, 1.165) is 22.2 Å². The van der Waals surface area contributed by atoms with Crippen LogP contribution in [0.25, 0.3) is 0 Å². The number of benzene rings is 1. The SMILES string of the molecule is COc1cc(CCC(N)CC(=O)O)ccc1Br. The van der Waals surface area contributed by atoms with Crippen LogP contribution in [0.1, 0.15) is 18.4 Å². The lowest BCUT2D eigenvalue weighted by molar-refractivity contribution is -0.137. The maximum atomic E-state index is 10.5. The zero-order valence-corrected chi connectivity index (χ0v) is 11.2. The molecule has 0 saturated carbocycles. The van der Waals surface area contributed by atoms with Gasteiger partial charge in [0.1, 0.15) is 5.75 Å². The predicted octanol–water partition coefficient (Wildman–Crippen LogP) is 2.19. The minimum Gasteiger partial charge on any atom is -0.496 e. The van der Waals surface area contributed by atoms with Crippen LogP contribution in [0.2, 0.25) is 0 Å². The number of carboxylic acids is 1. The molecule has 94 valence electrons. The maximum Gasteiger partial charge on any atom is 0.304 e. The van der Waals surface area contributed by atoms with Gasteiger partial charge in [0.15, 0.2) is 0 Å². The molecule has 1 aromatic rings. The molecule has 1 rings (SSSR count). The third kappa shape index (κ3) is 4.75. The highest BCUT2D eigenvalue weighted by atomic mass is 79.9. The van der Waals surface area contributed by atoms with E-state index < -0.39 is 5.97 Å². The summed E-state index contributed by atoms with van der Waals surface area (Å²) in [5.74, 6) is -0.0832. The monoisotopic (exact) mass is 301 g/mol. The molecular formula is C12H16BrNO3. The van der Waals surface area contributed by atoms with Crippen LogP contribution in [-0.4, -0.2) is 24.2 Å². The average Bonchev–Trinajstić information content (AvgIpc) is 2.27. The van der Waals surface area contributed by atoms with Gasteiger partial charge in [-0.05, 0) is 46.5 Å². The number of nitrogens with two attached hydrogens (primary N) is 1. The van der Waals surface area contributed by atoms with Crippen LogP contribution >= 0.6 is 15.9 Å². The van der Waals surface area contributed by atoms with E-state index in [9.17, 15) is 4.79 Å². The second kappa shape index (κ2) is 6.61. The van der Waals surface area contributed by atoms with Crippen LogP contribution in [0.5, 0.6) is 5.75 Å². The van der Waals surface area contributed by atoms with Crippen molar-refractivity contribution >= 4 is 21.9 Å². The minimum atomic E-state index is -0.856. The molecule has 0 saturated heterocycles. The molecule has 5 heteroatoms. The van der Waals surface area contributed by atoms with Gasteiger partial charge in [-0.25, -0.2) is 0 Å². The standard InChI is InChI=1S/C12H16BrNO3/c1-17-11-6-8(3-5-10(11)13)2-4-9(14)7-12(15)16/h3,5-6,9H,2,4,7,14H2,1H3,(H,15,16). The van der Waals surface area contributed by atoms with Crippen molar-refractivity contribution in [2.75, 3.05) is 7.11 Å². The van der Waals surface area contributed by atoms with Gasteiger partial charge in [-0.1, -0.05) is 6.07 Å². The van der Waals surface area contributed by atoms with E-state index >= 15 is 0 Å². The summed E-state index contributed by atoms with van der Waals surface area (Å²) in [6.45, 7) is 0. The summed E-state index contributed by atoms with van der Waals surface area (Å²) >= 11 is 3.38. The summed E-state index contributed by atoms with van der Waals surface area (Å²) in [5.41, 5.74) is 6.79. The molecule has 0 amide bonds. The Bertz CT molecular complexity index is 395. The van der Waals surface area contributed by atoms with E-state index in [4.69, 9.17) is 15.6 Å². The molecule has 0 aromatic heterocycles. The normalized spacial score (nSPS) is 12.2. The van der Waals surface area contributed by atoms with Crippen molar-refractivity contribution < 1.29 is 14.6 Å². The Balaban J connectivity index is 2.54. The fraction of sp³-hybridized carbons (Fsp3) is 0.417. The van der Waals surface area contributed by atoms with E-state index in [0.29, 0.717) is 6.42 Å². The van der Waals surface area contributed by atoms with Gasteiger partial charge in [-0.2, -0.15) is 0 Å². The molecule has 1 atom stereocenters. The number of halogens is 1. The Hall–Kier alpha value is -1.07. The van der Waals surface area contributed by atoms with E-state index in [1.165, 1.54) is 0 Å². The quantitative estimate of drug-likeness (QED) is 0.845. The summed E-state index contributed by atoms with van der Waals surface area (Å²) in [7, 11) is 1.61. The van der Waals surface area contributed by atoms with Crippen LogP contribution in [0, 0.1) is 0 Å². The van der Waals surface area contributed by atoms with Crippen LogP contribution in [-0.2, 0) is 11.2 Å². The van der Waals surface area contributed by atoms with Crippen molar-refractivity contribution in [3.05, 3.63) is 28.2 Å². The number of aryl methyl sites for hydroxylation is 1. The molecule has 0 bridgehead atoms. The number of methoxy groups -OCH3 is 1. The highest BCUT2D eigenvalue weighted by molar-refractivity contribution is 9.10. The molecule has 3 N–H and O–H groups in total. The smallest absolute Gasteiger partial charge is 0.304 e. The first-order valence-corrected chi connectivity index (χ1v) is 6.12. The lowest BCUT2D eigenvalue weighted by Crippen LogP contribution is -2.24. The fourth-order valence-corrected chi connectivity index (χ4v) is 1.95. The van der Waals surface area contributed by atoms with Gasteiger partial charge in [0.2, 0.25) is 0 Å². The maximum absolute atomic E-state index is 10.5. The Morgan fingerprint density at radius 3 is 2.88 bits per heavy atom. The van der Waals surface area contributed by atoms with Gasteiger partial charge in [0, 0.05) is 6.04 Å². The van der Waals surface area contributed by atoms with Crippen molar-refractivity contribution in [2.45, 2.75) is 25.3 Å². The molecule has 0 radical (unpaired) electrons. The number of ether oxygens (including phenoxy) is 1. The number of hydrogen-bond donors (Lipinski definition) is 2. The predicted molar refractivity (Wildman–Crippen MR) is 69.2 cm³/mol. The third-order valence-electron chi connectivity index (χ3n) is 2.46. The van der Waals surface area contributed by atoms with Gasteiger partial charge in [-0.15, -0.1) is 0 Å². The Labute approximate surface area is 109 Å². The summed E-state index contributed by atoms with van der Waals surface area (Å²) in [4.78, 5) is 10.5. The lowest BCUT2D eigenvalue weighted by Gasteiger charge is -2.10. The molecule has 0 spiro atoms. The summed E-state index contributed by atoms with van der Waals surface area (Å²) in [6.07, 6.45) is 1.41. The van der Waals surface area contributed by atoms with Gasteiger partial charge >= 0.3 is 5.97 Å². The van der Waals surface area contributed by atoms with E-state index in [2.05, 4.69) is 15.9 Å². The topological polar surface area (TPSA) is 72.5 Å². The van der Waals surface area contributed by atoms with E-state index in [-0.39, 0.29) is 12.5 Å². The molecule has 1 aromatic carbocycles. The number of carboxylic acid groups (broad SMARTS) is 1. The number of hydrogen-bond acceptors (Lipinski definition) is 3. The van der Waals surface area contributed by atoms with Gasteiger partial charge in [0.05, 0.1) is 18.0 Å². The summed E-state index contributed by atoms with van der Waals surface area (Å²) < 4.78 is 6.09. The molecule has 4 nitrogen and oxygen atoms in total. The largest absolute Gasteiger partial charge is 0.496 e. The van der Waals surface area contributed by atoms with E-state index in [1.54, 1.807) is 7.11 Å². The zero-order chi connectivity index (χ0) is 12.8. The second-order valence-electron chi connectivity index (χ2n) is 3.87. The van der Waals surface area contributed by atoms with Crippen LogP contribution < -0.4 is 10.5 Å². The fourth-order valence-electron chi connectivity index (χ4n) is 1.54. The highest BCUT2D eigenvalue weighted by Crippen LogP contribution is 2.26. The van der Waals surface area contributed by atoms with Crippen LogP contribution in [0.3, 0.4) is 0 Å². The van der Waals surface area contributed by atoms with Crippen molar-refractivity contribution in [3.8, 4) is 5.75 Å². The first-order valence-electron chi connectivity index (χ1n) is 5.32. The molecule has 0 aliphatic heterocycles. The van der Waals surface area contributed by atoms with Crippen molar-refractivity contribution in [3.63, 3.8) is 0 Å². The number of aliphatic carboxylic acids is 1. The lowest BCUT2D eigenvalue weighted by atomic mass is 10.0. The first-order chi connectivity index (χ1) is 8.02. The van der Waals surface area contributed by atoms with Gasteiger partial charge in [-0.3, -0.25) is 4.79 Å².